The molecule has 5 heteroatoms. The van der Waals surface area contributed by atoms with E-state index >= 15 is 0 Å². The molecule has 118 valence electrons. The fraction of sp³-hybridized carbons (Fsp3) is 0.867. The summed E-state index contributed by atoms with van der Waals surface area (Å²) in [4.78, 5) is 0. The average Bonchev–Trinajstić information content (AvgIpc) is 2.67. The fourth-order valence-corrected chi connectivity index (χ4v) is 2.22. The molecule has 1 fully saturated rings. The molecule has 4 atom stereocenters. The van der Waals surface area contributed by atoms with Gasteiger partial charge in [-0.15, -0.1) is 6.58 Å². The van der Waals surface area contributed by atoms with E-state index in [9.17, 15) is 0 Å². The normalized spacial score (nSPS) is 30.4. The van der Waals surface area contributed by atoms with Crippen molar-refractivity contribution in [3.63, 3.8) is 0 Å². The second-order valence-electron chi connectivity index (χ2n) is 5.40. The molecule has 0 spiro atoms. The largest absolute Gasteiger partial charge is 0.375 e. The predicted octanol–water partition coefficient (Wildman–Crippen LogP) is 2.15. The predicted molar refractivity (Wildman–Crippen MR) is 76.7 cm³/mol. The lowest BCUT2D eigenvalue weighted by atomic mass is 10.1. The van der Waals surface area contributed by atoms with Crippen LogP contribution in [0.3, 0.4) is 0 Å². The number of hydrogen-bond acceptors (Lipinski definition) is 5. The molecule has 20 heavy (non-hydrogen) atoms. The zero-order chi connectivity index (χ0) is 15.1. The molecule has 1 saturated heterocycles. The van der Waals surface area contributed by atoms with Crippen LogP contribution in [0, 0.1) is 0 Å². The molecule has 0 aromatic rings. The summed E-state index contributed by atoms with van der Waals surface area (Å²) in [6.07, 6.45) is 0.784. The highest BCUT2D eigenvalue weighted by atomic mass is 16.7. The van der Waals surface area contributed by atoms with E-state index in [0.717, 1.165) is 0 Å². The van der Waals surface area contributed by atoms with Crippen molar-refractivity contribution in [3.05, 3.63) is 12.7 Å². The van der Waals surface area contributed by atoms with E-state index in [4.69, 9.17) is 23.7 Å². The molecule has 1 rings (SSSR count). The van der Waals surface area contributed by atoms with E-state index < -0.39 is 6.29 Å². The maximum Gasteiger partial charge on any atom is 0.186 e. The van der Waals surface area contributed by atoms with Crippen molar-refractivity contribution in [2.75, 3.05) is 20.3 Å². The van der Waals surface area contributed by atoms with E-state index in [-0.39, 0.29) is 30.5 Å². The quantitative estimate of drug-likeness (QED) is 0.480. The molecule has 0 amide bonds. The van der Waals surface area contributed by atoms with Gasteiger partial charge in [0.15, 0.2) is 6.29 Å². The second-order valence-corrected chi connectivity index (χ2v) is 5.40. The van der Waals surface area contributed by atoms with Gasteiger partial charge in [0.25, 0.3) is 0 Å². The third-order valence-electron chi connectivity index (χ3n) is 2.88. The Kier molecular flexibility index (Phi) is 7.69. The third kappa shape index (κ3) is 5.14. The van der Waals surface area contributed by atoms with E-state index in [0.29, 0.717) is 13.2 Å². The standard InChI is InChI=1S/C15H28O5/c1-7-8-17-9-12-13(18-10(2)3)14(19-11(4)5)15(16-6)20-12/h7,10-15H,1,8-9H2,2-6H3/t12-,13-,14-,15-/m1/s1. The van der Waals surface area contributed by atoms with E-state index in [1.165, 1.54) is 0 Å². The van der Waals surface area contributed by atoms with Gasteiger partial charge in [0.1, 0.15) is 18.3 Å². The molecule has 5 nitrogen and oxygen atoms in total. The van der Waals surface area contributed by atoms with Gasteiger partial charge in [-0.05, 0) is 27.7 Å². The van der Waals surface area contributed by atoms with Crippen LogP contribution in [0.25, 0.3) is 0 Å². The van der Waals surface area contributed by atoms with Crippen molar-refractivity contribution < 1.29 is 23.7 Å². The van der Waals surface area contributed by atoms with Crippen LogP contribution in [0.15, 0.2) is 12.7 Å². The molecule has 0 aliphatic carbocycles. The topological polar surface area (TPSA) is 46.2 Å². The second kappa shape index (κ2) is 8.74. The molecule has 0 saturated carbocycles. The Morgan fingerprint density at radius 1 is 1.10 bits per heavy atom. The molecule has 0 bridgehead atoms. The Labute approximate surface area is 122 Å². The highest BCUT2D eigenvalue weighted by Gasteiger charge is 2.47. The lowest BCUT2D eigenvalue weighted by molar-refractivity contribution is -0.176. The Balaban J connectivity index is 2.73. The first-order valence-electron chi connectivity index (χ1n) is 7.17. The Bertz CT molecular complexity index is 279. The summed E-state index contributed by atoms with van der Waals surface area (Å²) in [7, 11) is 1.61. The number of rotatable bonds is 9. The van der Waals surface area contributed by atoms with Crippen molar-refractivity contribution in [2.24, 2.45) is 0 Å². The van der Waals surface area contributed by atoms with Crippen molar-refractivity contribution in [2.45, 2.75) is 64.5 Å². The van der Waals surface area contributed by atoms with Gasteiger partial charge in [-0.2, -0.15) is 0 Å². The van der Waals surface area contributed by atoms with E-state index in [2.05, 4.69) is 6.58 Å². The highest BCUT2D eigenvalue weighted by Crippen LogP contribution is 2.29. The van der Waals surface area contributed by atoms with Gasteiger partial charge in [-0.3, -0.25) is 0 Å². The summed E-state index contributed by atoms with van der Waals surface area (Å²) in [5, 5.41) is 0. The minimum Gasteiger partial charge on any atom is -0.375 e. The van der Waals surface area contributed by atoms with Gasteiger partial charge in [-0.25, -0.2) is 0 Å². The fourth-order valence-electron chi connectivity index (χ4n) is 2.22. The third-order valence-corrected chi connectivity index (χ3v) is 2.88. The molecule has 0 aromatic carbocycles. The summed E-state index contributed by atoms with van der Waals surface area (Å²) in [6.45, 7) is 12.5. The lowest BCUT2D eigenvalue weighted by Gasteiger charge is -2.27. The van der Waals surface area contributed by atoms with Gasteiger partial charge in [0, 0.05) is 7.11 Å². The van der Waals surface area contributed by atoms with Gasteiger partial charge in [0.05, 0.1) is 25.4 Å². The molecule has 1 aliphatic rings. The average molecular weight is 288 g/mol. The summed E-state index contributed by atoms with van der Waals surface area (Å²) in [6, 6.07) is 0. The monoisotopic (exact) mass is 288 g/mol. The molecule has 0 N–H and O–H groups in total. The summed E-state index contributed by atoms with van der Waals surface area (Å²) >= 11 is 0. The minimum absolute atomic E-state index is 0.0763. The maximum absolute atomic E-state index is 5.96. The Hall–Kier alpha value is -0.460. The van der Waals surface area contributed by atoms with Crippen molar-refractivity contribution in [1.82, 2.24) is 0 Å². The smallest absolute Gasteiger partial charge is 0.186 e. The lowest BCUT2D eigenvalue weighted by Crippen LogP contribution is -2.42. The first-order chi connectivity index (χ1) is 9.49. The van der Waals surface area contributed by atoms with Crippen LogP contribution in [-0.4, -0.2) is 57.1 Å². The molecular weight excluding hydrogens is 260 g/mol. The zero-order valence-electron chi connectivity index (χ0n) is 13.2. The molecule has 0 radical (unpaired) electrons. The van der Waals surface area contributed by atoms with Crippen LogP contribution in [0.1, 0.15) is 27.7 Å². The highest BCUT2D eigenvalue weighted by molar-refractivity contribution is 4.90. The van der Waals surface area contributed by atoms with Crippen molar-refractivity contribution in [3.8, 4) is 0 Å². The van der Waals surface area contributed by atoms with Crippen LogP contribution >= 0.6 is 0 Å². The molecular formula is C15H28O5. The summed E-state index contributed by atoms with van der Waals surface area (Å²) < 4.78 is 28.6. The minimum atomic E-state index is -0.432. The first kappa shape index (κ1) is 17.6. The van der Waals surface area contributed by atoms with Gasteiger partial charge in [0.2, 0.25) is 0 Å². The molecule has 1 heterocycles. The SMILES string of the molecule is C=CCOC[C@H]1O[C@@H](OC)[C@H](OC(C)C)[C@@H]1OC(C)C. The van der Waals surface area contributed by atoms with Crippen LogP contribution in [-0.2, 0) is 23.7 Å². The zero-order valence-corrected chi connectivity index (χ0v) is 13.2. The van der Waals surface area contributed by atoms with Crippen LogP contribution in [0.4, 0.5) is 0 Å². The number of methoxy groups -OCH3 is 1. The number of ether oxygens (including phenoxy) is 5. The Morgan fingerprint density at radius 3 is 2.20 bits per heavy atom. The van der Waals surface area contributed by atoms with E-state index in [1.54, 1.807) is 13.2 Å². The summed E-state index contributed by atoms with van der Waals surface area (Å²) in [5.74, 6) is 0. The van der Waals surface area contributed by atoms with Crippen molar-refractivity contribution in [1.29, 1.82) is 0 Å². The van der Waals surface area contributed by atoms with Gasteiger partial charge >= 0.3 is 0 Å². The van der Waals surface area contributed by atoms with Crippen LogP contribution in [0.5, 0.6) is 0 Å². The summed E-state index contributed by atoms with van der Waals surface area (Å²) in [5.41, 5.74) is 0. The maximum atomic E-state index is 5.96. The molecule has 0 aromatic heterocycles. The van der Waals surface area contributed by atoms with E-state index in [1.807, 2.05) is 27.7 Å². The van der Waals surface area contributed by atoms with Crippen molar-refractivity contribution >= 4 is 0 Å². The van der Waals surface area contributed by atoms with Gasteiger partial charge in [-0.1, -0.05) is 6.08 Å². The molecule has 0 unspecified atom stereocenters. The molecule has 1 aliphatic heterocycles. The number of hydrogen-bond donors (Lipinski definition) is 0. The Morgan fingerprint density at radius 2 is 1.70 bits per heavy atom. The first-order valence-corrected chi connectivity index (χ1v) is 7.17. The van der Waals surface area contributed by atoms with Crippen LogP contribution < -0.4 is 0 Å². The van der Waals surface area contributed by atoms with Gasteiger partial charge < -0.3 is 23.7 Å². The van der Waals surface area contributed by atoms with Crippen LogP contribution in [0.2, 0.25) is 0 Å².